The van der Waals surface area contributed by atoms with Gasteiger partial charge < -0.3 is 25.5 Å². The maximum absolute atomic E-state index is 12.7. The number of nitrogen functional groups attached to an aromatic ring is 2. The Morgan fingerprint density at radius 1 is 1.09 bits per heavy atom. The molecular weight excluding hydrogens is 486 g/mol. The second kappa shape index (κ2) is 8.76. The Hall–Kier alpha value is -3.56. The number of carbonyl (C=O) groups excluding carboxylic acids is 1. The van der Waals surface area contributed by atoms with Crippen LogP contribution < -0.4 is 11.5 Å². The Morgan fingerprint density at radius 3 is 2.64 bits per heavy atom. The molecule has 1 amide bonds. The van der Waals surface area contributed by atoms with Crippen LogP contribution in [0, 0.1) is 0 Å². The van der Waals surface area contributed by atoms with Gasteiger partial charge in [0.1, 0.15) is 12.3 Å². The van der Waals surface area contributed by atoms with Gasteiger partial charge in [0.2, 0.25) is 0 Å². The number of ether oxygens (including phenoxy) is 1. The molecule has 5 rings (SSSR count). The minimum absolute atomic E-state index is 0.0167. The first kappa shape index (κ1) is 21.3. The van der Waals surface area contributed by atoms with Crippen molar-refractivity contribution >= 4 is 33.2 Å². The molecule has 0 bridgehead atoms. The highest BCUT2D eigenvalue weighted by Crippen LogP contribution is 2.35. The van der Waals surface area contributed by atoms with Crippen molar-refractivity contribution in [1.29, 1.82) is 0 Å². The van der Waals surface area contributed by atoms with Crippen LogP contribution in [0.2, 0.25) is 0 Å². The number of carbonyl (C=O) groups is 1. The molecule has 1 fully saturated rings. The Morgan fingerprint density at radius 2 is 1.91 bits per heavy atom. The smallest absolute Gasteiger partial charge is 0.250 e. The molecule has 1 unspecified atom stereocenters. The summed E-state index contributed by atoms with van der Waals surface area (Å²) < 4.78 is 14.0. The number of nitrogens with two attached hydrogens (primary N) is 2. The van der Waals surface area contributed by atoms with Gasteiger partial charge in [0.05, 0.1) is 29.6 Å². The lowest BCUT2D eigenvalue weighted by Crippen LogP contribution is -2.30. The van der Waals surface area contributed by atoms with Crippen molar-refractivity contribution in [1.82, 2.24) is 14.7 Å². The van der Waals surface area contributed by atoms with Crippen LogP contribution in [0.15, 0.2) is 76.1 Å². The summed E-state index contributed by atoms with van der Waals surface area (Å²) in [7, 11) is 0. The number of furan rings is 1. The lowest BCUT2D eigenvalue weighted by atomic mass is 10.1. The highest BCUT2D eigenvalue weighted by Gasteiger charge is 2.36. The predicted molar refractivity (Wildman–Crippen MR) is 128 cm³/mol. The lowest BCUT2D eigenvalue weighted by molar-refractivity contribution is -0.128. The van der Waals surface area contributed by atoms with E-state index in [0.29, 0.717) is 30.0 Å². The molecule has 2 aromatic heterocycles. The maximum Gasteiger partial charge on any atom is 0.250 e. The summed E-state index contributed by atoms with van der Waals surface area (Å²) in [5, 5.41) is 4.79. The third-order valence-electron chi connectivity index (χ3n) is 5.66. The minimum Gasteiger partial charge on any atom is -0.472 e. The van der Waals surface area contributed by atoms with Crippen molar-refractivity contribution in [3.8, 4) is 16.9 Å². The number of amides is 1. The number of aromatic nitrogens is 2. The third kappa shape index (κ3) is 4.24. The maximum atomic E-state index is 12.7. The standard InChI is InChI=1S/C24H22BrN5O3/c25-17-2-4-18(5-3-17)30-12-19(23(28-30)16-8-10-32-13-16)24-29(22(31)14-33-24)9-7-15-1-6-20(26)21(27)11-15/h1-6,8,10-13,24H,7,9,14,26-27H2. The van der Waals surface area contributed by atoms with E-state index in [9.17, 15) is 4.79 Å². The first-order chi connectivity index (χ1) is 16.0. The molecule has 3 heterocycles. The Labute approximate surface area is 198 Å². The van der Waals surface area contributed by atoms with E-state index in [-0.39, 0.29) is 12.5 Å². The molecule has 1 aliphatic heterocycles. The molecule has 1 saturated heterocycles. The quantitative estimate of drug-likeness (QED) is 0.379. The Bertz CT molecular complexity index is 1280. The fourth-order valence-electron chi connectivity index (χ4n) is 3.90. The monoisotopic (exact) mass is 507 g/mol. The Balaban J connectivity index is 1.47. The number of hydrogen-bond donors (Lipinski definition) is 2. The first-order valence-electron chi connectivity index (χ1n) is 10.4. The van der Waals surface area contributed by atoms with E-state index in [0.717, 1.165) is 26.9 Å². The van der Waals surface area contributed by atoms with E-state index < -0.39 is 6.23 Å². The molecule has 4 N–H and O–H groups in total. The van der Waals surface area contributed by atoms with Gasteiger partial charge >= 0.3 is 0 Å². The summed E-state index contributed by atoms with van der Waals surface area (Å²) in [5.74, 6) is -0.0713. The number of benzene rings is 2. The van der Waals surface area contributed by atoms with Gasteiger partial charge in [-0.2, -0.15) is 5.10 Å². The highest BCUT2D eigenvalue weighted by atomic mass is 79.9. The van der Waals surface area contributed by atoms with E-state index in [4.69, 9.17) is 25.7 Å². The number of nitrogens with zero attached hydrogens (tertiary/aromatic N) is 3. The van der Waals surface area contributed by atoms with Crippen LogP contribution in [-0.4, -0.2) is 33.7 Å². The molecule has 9 heteroatoms. The lowest BCUT2D eigenvalue weighted by Gasteiger charge is -2.23. The zero-order valence-corrected chi connectivity index (χ0v) is 19.2. The minimum atomic E-state index is -0.558. The summed E-state index contributed by atoms with van der Waals surface area (Å²) in [4.78, 5) is 14.5. The molecule has 0 aliphatic carbocycles. The normalized spacial score (nSPS) is 16.0. The molecule has 1 atom stereocenters. The topological polar surface area (TPSA) is 113 Å². The molecule has 8 nitrogen and oxygen atoms in total. The predicted octanol–water partition coefficient (Wildman–Crippen LogP) is 4.16. The number of halogens is 1. The van der Waals surface area contributed by atoms with Crippen LogP contribution in [-0.2, 0) is 16.0 Å². The highest BCUT2D eigenvalue weighted by molar-refractivity contribution is 9.10. The second-order valence-electron chi connectivity index (χ2n) is 7.83. The summed E-state index contributed by atoms with van der Waals surface area (Å²) in [6.07, 6.45) is 5.20. The first-order valence-corrected chi connectivity index (χ1v) is 11.2. The van der Waals surface area contributed by atoms with Gasteiger partial charge in [0.15, 0.2) is 6.23 Å². The van der Waals surface area contributed by atoms with E-state index in [2.05, 4.69) is 15.9 Å². The van der Waals surface area contributed by atoms with Gasteiger partial charge in [0.25, 0.3) is 5.91 Å². The molecule has 33 heavy (non-hydrogen) atoms. The van der Waals surface area contributed by atoms with Crippen LogP contribution in [0.25, 0.3) is 16.9 Å². The summed E-state index contributed by atoms with van der Waals surface area (Å²) in [6.45, 7) is 0.490. The van der Waals surface area contributed by atoms with Crippen molar-refractivity contribution in [2.75, 3.05) is 24.6 Å². The second-order valence-corrected chi connectivity index (χ2v) is 8.75. The van der Waals surface area contributed by atoms with E-state index in [1.807, 2.05) is 48.7 Å². The van der Waals surface area contributed by atoms with Crippen LogP contribution in [0.5, 0.6) is 0 Å². The van der Waals surface area contributed by atoms with Crippen molar-refractivity contribution in [3.05, 3.63) is 82.9 Å². The van der Waals surface area contributed by atoms with Gasteiger partial charge in [0, 0.05) is 28.3 Å². The fourth-order valence-corrected chi connectivity index (χ4v) is 4.16. The summed E-state index contributed by atoms with van der Waals surface area (Å²) in [6, 6.07) is 15.2. The van der Waals surface area contributed by atoms with Crippen molar-refractivity contribution in [2.45, 2.75) is 12.6 Å². The van der Waals surface area contributed by atoms with Gasteiger partial charge in [-0.1, -0.05) is 22.0 Å². The van der Waals surface area contributed by atoms with Crippen LogP contribution in [0.3, 0.4) is 0 Å². The number of rotatable bonds is 6. The van der Waals surface area contributed by atoms with Crippen molar-refractivity contribution in [2.24, 2.45) is 0 Å². The van der Waals surface area contributed by atoms with Crippen LogP contribution >= 0.6 is 15.9 Å². The fraction of sp³-hybridized carbons (Fsp3) is 0.167. The average molecular weight is 508 g/mol. The molecule has 1 aliphatic rings. The SMILES string of the molecule is Nc1ccc(CCN2C(=O)COC2c2cn(-c3ccc(Br)cc3)nc2-c2ccoc2)cc1N. The summed E-state index contributed by atoms with van der Waals surface area (Å²) in [5.41, 5.74) is 17.0. The van der Waals surface area contributed by atoms with Crippen LogP contribution in [0.4, 0.5) is 11.4 Å². The van der Waals surface area contributed by atoms with Gasteiger partial charge in [-0.3, -0.25) is 4.79 Å². The average Bonchev–Trinajstić information content (AvgIpc) is 3.55. The molecule has 4 aromatic rings. The number of hydrogen-bond acceptors (Lipinski definition) is 6. The largest absolute Gasteiger partial charge is 0.472 e. The summed E-state index contributed by atoms with van der Waals surface area (Å²) >= 11 is 3.46. The molecule has 0 spiro atoms. The molecule has 2 aromatic carbocycles. The van der Waals surface area contributed by atoms with Gasteiger partial charge in [-0.15, -0.1) is 0 Å². The van der Waals surface area contributed by atoms with Gasteiger partial charge in [-0.05, 0) is 54.4 Å². The van der Waals surface area contributed by atoms with E-state index in [1.165, 1.54) is 0 Å². The molecule has 0 saturated carbocycles. The molecule has 0 radical (unpaired) electrons. The molecule has 168 valence electrons. The Kier molecular flexibility index (Phi) is 5.65. The van der Waals surface area contributed by atoms with E-state index in [1.54, 1.807) is 28.2 Å². The van der Waals surface area contributed by atoms with Crippen molar-refractivity contribution in [3.63, 3.8) is 0 Å². The molecular formula is C24H22BrN5O3. The third-order valence-corrected chi connectivity index (χ3v) is 6.18. The zero-order chi connectivity index (χ0) is 22.9. The van der Waals surface area contributed by atoms with Gasteiger partial charge in [-0.25, -0.2) is 4.68 Å². The van der Waals surface area contributed by atoms with Crippen molar-refractivity contribution < 1.29 is 13.9 Å². The van der Waals surface area contributed by atoms with E-state index >= 15 is 0 Å². The number of anilines is 2. The van der Waals surface area contributed by atoms with Crippen LogP contribution in [0.1, 0.15) is 17.4 Å². The zero-order valence-electron chi connectivity index (χ0n) is 17.6.